The first-order valence-corrected chi connectivity index (χ1v) is 12.0. The van der Waals surface area contributed by atoms with Gasteiger partial charge in [-0.3, -0.25) is 14.4 Å². The number of ether oxygens (including phenoxy) is 2. The number of hydrogen-bond acceptors (Lipinski definition) is 6. The SMILES string of the molecule is Cc1c(C)[n+]([O-])c([C@@H](c2cc3ccccc3[nH]c2=O)C2C(=O)OC(C)(C)OC2=O)n1Cc1ccccc1. The molecule has 5 rings (SSSR count). The predicted molar refractivity (Wildman–Crippen MR) is 135 cm³/mol. The van der Waals surface area contributed by atoms with Crippen molar-refractivity contribution in [3.8, 4) is 0 Å². The van der Waals surface area contributed by atoms with Gasteiger partial charge in [-0.2, -0.15) is 0 Å². The number of benzene rings is 2. The number of aromatic nitrogens is 3. The zero-order valence-electron chi connectivity index (χ0n) is 21.0. The summed E-state index contributed by atoms with van der Waals surface area (Å²) in [6.07, 6.45) is 0. The summed E-state index contributed by atoms with van der Waals surface area (Å²) >= 11 is 0. The third-order valence-electron chi connectivity index (χ3n) is 6.83. The minimum absolute atomic E-state index is 0.0817. The van der Waals surface area contributed by atoms with Crippen LogP contribution in [0.2, 0.25) is 0 Å². The normalized spacial score (nSPS) is 16.4. The number of nitrogens with one attached hydrogen (secondary N) is 1. The molecule has 4 aromatic rings. The molecule has 1 atom stereocenters. The number of H-pyrrole nitrogens is 1. The highest BCUT2D eigenvalue weighted by molar-refractivity contribution is 5.98. The van der Waals surface area contributed by atoms with Crippen molar-refractivity contribution < 1.29 is 23.8 Å². The first-order chi connectivity index (χ1) is 17.6. The highest BCUT2D eigenvalue weighted by atomic mass is 16.7. The summed E-state index contributed by atoms with van der Waals surface area (Å²) in [7, 11) is 0. The van der Waals surface area contributed by atoms with Crippen molar-refractivity contribution in [3.05, 3.63) is 105 Å². The lowest BCUT2D eigenvalue weighted by molar-refractivity contribution is -0.621. The molecule has 0 amide bonds. The van der Waals surface area contributed by atoms with E-state index in [4.69, 9.17) is 9.47 Å². The van der Waals surface area contributed by atoms with Crippen LogP contribution in [0.3, 0.4) is 0 Å². The topological polar surface area (TPSA) is 117 Å². The monoisotopic (exact) mass is 501 g/mol. The molecule has 1 fully saturated rings. The molecule has 0 saturated carbocycles. The molecule has 1 saturated heterocycles. The summed E-state index contributed by atoms with van der Waals surface area (Å²) in [5.41, 5.74) is 2.11. The molecule has 1 aliphatic rings. The Morgan fingerprint density at radius 1 is 1.00 bits per heavy atom. The minimum Gasteiger partial charge on any atom is -0.711 e. The number of aromatic amines is 1. The Bertz CT molecular complexity index is 1570. The number of carbonyl (C=O) groups is 2. The zero-order valence-corrected chi connectivity index (χ0v) is 21.0. The summed E-state index contributed by atoms with van der Waals surface area (Å²) in [4.78, 5) is 42.8. The van der Waals surface area contributed by atoms with Crippen LogP contribution in [0, 0.1) is 25.0 Å². The molecule has 0 bridgehead atoms. The van der Waals surface area contributed by atoms with Gasteiger partial charge in [0.1, 0.15) is 23.9 Å². The maximum absolute atomic E-state index is 13.7. The van der Waals surface area contributed by atoms with Gasteiger partial charge in [0.25, 0.3) is 17.2 Å². The van der Waals surface area contributed by atoms with Gasteiger partial charge >= 0.3 is 11.9 Å². The number of fused-ring (bicyclic) bond motifs is 1. The van der Waals surface area contributed by atoms with Gasteiger partial charge in [0, 0.05) is 38.8 Å². The first kappa shape index (κ1) is 24.3. The summed E-state index contributed by atoms with van der Waals surface area (Å²) in [6, 6.07) is 18.3. The number of cyclic esters (lactones) is 2. The fourth-order valence-corrected chi connectivity index (χ4v) is 4.92. The third kappa shape index (κ3) is 4.26. The average Bonchev–Trinajstić information content (AvgIpc) is 3.04. The van der Waals surface area contributed by atoms with E-state index in [-0.39, 0.29) is 11.4 Å². The minimum atomic E-state index is -1.56. The lowest BCUT2D eigenvalue weighted by Crippen LogP contribution is -2.51. The Balaban J connectivity index is 1.78. The number of hydrogen-bond donors (Lipinski definition) is 1. The third-order valence-corrected chi connectivity index (χ3v) is 6.83. The van der Waals surface area contributed by atoms with E-state index in [2.05, 4.69) is 4.98 Å². The van der Waals surface area contributed by atoms with Crippen molar-refractivity contribution in [1.82, 2.24) is 9.55 Å². The van der Waals surface area contributed by atoms with E-state index in [0.717, 1.165) is 5.56 Å². The van der Waals surface area contributed by atoms with E-state index in [9.17, 15) is 19.6 Å². The highest BCUT2D eigenvalue weighted by Crippen LogP contribution is 2.37. The quantitative estimate of drug-likeness (QED) is 0.194. The van der Waals surface area contributed by atoms with Crippen LogP contribution in [-0.2, 0) is 25.6 Å². The van der Waals surface area contributed by atoms with Crippen molar-refractivity contribution in [2.24, 2.45) is 5.92 Å². The molecule has 190 valence electrons. The van der Waals surface area contributed by atoms with Gasteiger partial charge in [0.05, 0.1) is 0 Å². The molecule has 0 aliphatic carbocycles. The molecule has 0 spiro atoms. The summed E-state index contributed by atoms with van der Waals surface area (Å²) in [6.45, 7) is 6.66. The van der Waals surface area contributed by atoms with E-state index < -0.39 is 35.1 Å². The van der Waals surface area contributed by atoms with Crippen LogP contribution < -0.4 is 10.3 Å². The number of nitrogens with zero attached hydrogens (tertiary/aromatic N) is 2. The smallest absolute Gasteiger partial charge is 0.324 e. The maximum Gasteiger partial charge on any atom is 0.324 e. The number of pyridine rings is 1. The van der Waals surface area contributed by atoms with Gasteiger partial charge in [-0.05, 0) is 23.1 Å². The lowest BCUT2D eigenvalue weighted by Gasteiger charge is -2.35. The van der Waals surface area contributed by atoms with Crippen LogP contribution >= 0.6 is 0 Å². The molecule has 0 unspecified atom stereocenters. The predicted octanol–water partition coefficient (Wildman–Crippen LogP) is 3.21. The Kier molecular flexibility index (Phi) is 5.86. The van der Waals surface area contributed by atoms with Crippen LogP contribution in [0.4, 0.5) is 0 Å². The second-order valence-corrected chi connectivity index (χ2v) is 9.73. The number of esters is 2. The molecule has 9 nitrogen and oxygen atoms in total. The molecule has 1 aliphatic heterocycles. The van der Waals surface area contributed by atoms with Gasteiger partial charge in [-0.1, -0.05) is 48.5 Å². The molecular weight excluding hydrogens is 474 g/mol. The maximum atomic E-state index is 13.7. The Hall–Kier alpha value is -4.40. The Morgan fingerprint density at radius 2 is 1.62 bits per heavy atom. The molecule has 0 radical (unpaired) electrons. The molecule has 3 heterocycles. The van der Waals surface area contributed by atoms with Crippen LogP contribution in [0.5, 0.6) is 0 Å². The Labute approximate surface area is 212 Å². The molecular formula is C28H27N3O6. The van der Waals surface area contributed by atoms with Crippen molar-refractivity contribution in [2.45, 2.75) is 45.9 Å². The summed E-state index contributed by atoms with van der Waals surface area (Å²) in [5, 5.41) is 14.3. The zero-order chi connectivity index (χ0) is 26.5. The highest BCUT2D eigenvalue weighted by Gasteiger charge is 2.52. The van der Waals surface area contributed by atoms with Crippen LogP contribution in [0.15, 0.2) is 65.5 Å². The van der Waals surface area contributed by atoms with Crippen molar-refractivity contribution in [1.29, 1.82) is 0 Å². The lowest BCUT2D eigenvalue weighted by atomic mass is 9.84. The number of carbonyl (C=O) groups excluding carboxylic acids is 2. The van der Waals surface area contributed by atoms with E-state index >= 15 is 0 Å². The Morgan fingerprint density at radius 3 is 2.30 bits per heavy atom. The van der Waals surface area contributed by atoms with E-state index in [0.29, 0.717) is 33.6 Å². The molecule has 37 heavy (non-hydrogen) atoms. The average molecular weight is 502 g/mol. The molecule has 9 heteroatoms. The molecule has 2 aromatic carbocycles. The van der Waals surface area contributed by atoms with Crippen molar-refractivity contribution in [2.75, 3.05) is 0 Å². The molecule has 1 N–H and O–H groups in total. The first-order valence-electron chi connectivity index (χ1n) is 12.0. The van der Waals surface area contributed by atoms with Gasteiger partial charge in [-0.25, -0.2) is 9.30 Å². The van der Waals surface area contributed by atoms with E-state index in [1.54, 1.807) is 42.7 Å². The fraction of sp³-hybridized carbons (Fsp3) is 0.286. The standard InChI is InChI=1S/C28H27N3O6/c1-16-17(2)31(35)25(30(16)15-18-10-6-5-7-11-18)22(23-26(33)36-28(3,4)37-27(23)34)20-14-19-12-8-9-13-21(19)29-24(20)32/h5-14,22-23H,15H2,1-4H3,(H,29,32)/t22-/m0/s1. The summed E-state index contributed by atoms with van der Waals surface area (Å²) in [5.74, 6) is -5.92. The second kappa shape index (κ2) is 8.92. The van der Waals surface area contributed by atoms with Gasteiger partial charge in [-0.15, -0.1) is 0 Å². The fourth-order valence-electron chi connectivity index (χ4n) is 4.92. The van der Waals surface area contributed by atoms with Gasteiger partial charge < -0.3 is 19.7 Å². The number of para-hydroxylation sites is 1. The molecule has 2 aromatic heterocycles. The van der Waals surface area contributed by atoms with Crippen molar-refractivity contribution in [3.63, 3.8) is 0 Å². The largest absolute Gasteiger partial charge is 0.711 e. The van der Waals surface area contributed by atoms with E-state index in [1.165, 1.54) is 13.8 Å². The number of imidazole rings is 1. The second-order valence-electron chi connectivity index (χ2n) is 9.73. The van der Waals surface area contributed by atoms with Crippen molar-refractivity contribution >= 4 is 22.8 Å². The van der Waals surface area contributed by atoms with Crippen LogP contribution in [0.25, 0.3) is 10.9 Å². The number of rotatable bonds is 5. The van der Waals surface area contributed by atoms with E-state index in [1.807, 2.05) is 36.4 Å². The van der Waals surface area contributed by atoms with Crippen LogP contribution in [0.1, 0.15) is 48.1 Å². The van der Waals surface area contributed by atoms with Crippen LogP contribution in [-0.4, -0.2) is 27.3 Å². The van der Waals surface area contributed by atoms with Gasteiger partial charge in [0.15, 0.2) is 5.92 Å². The van der Waals surface area contributed by atoms with Gasteiger partial charge in [0.2, 0.25) is 0 Å². The summed E-state index contributed by atoms with van der Waals surface area (Å²) < 4.78 is 13.3.